The van der Waals surface area contributed by atoms with Gasteiger partial charge in [0.25, 0.3) is 0 Å². The number of ether oxygens (including phenoxy) is 1. The van der Waals surface area contributed by atoms with Crippen LogP contribution in [0.15, 0.2) is 42.5 Å². The molecule has 0 heterocycles. The minimum absolute atomic E-state index is 0.262. The van der Waals surface area contributed by atoms with Crippen molar-refractivity contribution in [2.24, 2.45) is 0 Å². The van der Waals surface area contributed by atoms with Gasteiger partial charge in [0.2, 0.25) is 0 Å². The summed E-state index contributed by atoms with van der Waals surface area (Å²) in [5, 5.41) is 1.93. The van der Waals surface area contributed by atoms with Crippen LogP contribution in [0.4, 0.5) is 0 Å². The highest BCUT2D eigenvalue weighted by Crippen LogP contribution is 2.19. The predicted octanol–water partition coefficient (Wildman–Crippen LogP) is 3.02. The second-order valence-electron chi connectivity index (χ2n) is 3.62. The topological polar surface area (TPSA) is 26.3 Å². The monoisotopic (exact) mass is 224 g/mol. The average molecular weight is 224 g/mol. The number of carbonyl (C=O) groups excluding carboxylic acids is 1. The first kappa shape index (κ1) is 11.2. The molecule has 84 valence electrons. The van der Waals surface area contributed by atoms with Crippen LogP contribution in [0.25, 0.3) is 10.8 Å². The molecular weight excluding hydrogens is 212 g/mol. The Kier molecular flexibility index (Phi) is 3.42. The number of esters is 1. The number of hydrogen-bond donors (Lipinski definition) is 0. The van der Waals surface area contributed by atoms with Crippen LogP contribution in [-0.2, 0) is 4.74 Å². The van der Waals surface area contributed by atoms with Crippen molar-refractivity contribution >= 4 is 16.7 Å². The molecule has 0 N–H and O–H groups in total. The fourth-order valence-corrected chi connectivity index (χ4v) is 1.68. The molecule has 0 saturated heterocycles. The van der Waals surface area contributed by atoms with Crippen LogP contribution in [0.1, 0.15) is 16.8 Å². The van der Waals surface area contributed by atoms with Crippen LogP contribution >= 0.6 is 0 Å². The lowest BCUT2D eigenvalue weighted by molar-refractivity contribution is 0.0516. The first-order chi connectivity index (χ1) is 8.33. The van der Waals surface area contributed by atoms with Crippen LogP contribution in [0.5, 0.6) is 0 Å². The molecule has 2 heteroatoms. The SMILES string of the molecule is C#CCCOC(=O)c1cccc2ccccc12. The van der Waals surface area contributed by atoms with Crippen LogP contribution in [0, 0.1) is 12.3 Å². The molecule has 0 bridgehead atoms. The Bertz CT molecular complexity index is 573. The predicted molar refractivity (Wildman–Crippen MR) is 67.7 cm³/mol. The van der Waals surface area contributed by atoms with Gasteiger partial charge in [0.05, 0.1) is 5.56 Å². The summed E-state index contributed by atoms with van der Waals surface area (Å²) >= 11 is 0. The van der Waals surface area contributed by atoms with E-state index in [9.17, 15) is 4.79 Å². The Morgan fingerprint density at radius 2 is 1.94 bits per heavy atom. The molecule has 0 unspecified atom stereocenters. The molecule has 2 nitrogen and oxygen atoms in total. The lowest BCUT2D eigenvalue weighted by atomic mass is 10.1. The van der Waals surface area contributed by atoms with Gasteiger partial charge in [-0.05, 0) is 16.8 Å². The molecule has 0 atom stereocenters. The van der Waals surface area contributed by atoms with Crippen molar-refractivity contribution < 1.29 is 9.53 Å². The maximum Gasteiger partial charge on any atom is 0.338 e. The van der Waals surface area contributed by atoms with E-state index in [1.54, 1.807) is 6.07 Å². The molecule has 0 aromatic heterocycles. The summed E-state index contributed by atoms with van der Waals surface area (Å²) < 4.78 is 5.10. The zero-order valence-electron chi connectivity index (χ0n) is 9.35. The van der Waals surface area contributed by atoms with Gasteiger partial charge in [-0.15, -0.1) is 12.3 Å². The largest absolute Gasteiger partial charge is 0.461 e. The lowest BCUT2D eigenvalue weighted by Crippen LogP contribution is -2.06. The zero-order chi connectivity index (χ0) is 12.1. The van der Waals surface area contributed by atoms with Crippen molar-refractivity contribution in [3.63, 3.8) is 0 Å². The summed E-state index contributed by atoms with van der Waals surface area (Å²) in [5.74, 6) is 2.11. The second kappa shape index (κ2) is 5.18. The zero-order valence-corrected chi connectivity index (χ0v) is 9.35. The highest BCUT2D eigenvalue weighted by molar-refractivity contribution is 6.04. The lowest BCUT2D eigenvalue weighted by Gasteiger charge is -2.06. The third kappa shape index (κ3) is 2.46. The third-order valence-electron chi connectivity index (χ3n) is 2.49. The van der Waals surface area contributed by atoms with E-state index in [1.807, 2.05) is 36.4 Å². The summed E-state index contributed by atoms with van der Waals surface area (Å²) in [6.07, 6.45) is 5.54. The van der Waals surface area contributed by atoms with Crippen LogP contribution in [0.3, 0.4) is 0 Å². The van der Waals surface area contributed by atoms with E-state index in [1.165, 1.54) is 0 Å². The number of hydrogen-bond acceptors (Lipinski definition) is 2. The maximum atomic E-state index is 11.8. The average Bonchev–Trinajstić information content (AvgIpc) is 2.38. The quantitative estimate of drug-likeness (QED) is 0.455. The minimum Gasteiger partial charge on any atom is -0.461 e. The Balaban J connectivity index is 2.29. The van der Waals surface area contributed by atoms with E-state index in [0.717, 1.165) is 10.8 Å². The van der Waals surface area contributed by atoms with E-state index in [0.29, 0.717) is 12.0 Å². The Morgan fingerprint density at radius 1 is 1.18 bits per heavy atom. The Hall–Kier alpha value is -2.27. The van der Waals surface area contributed by atoms with Gasteiger partial charge in [-0.1, -0.05) is 36.4 Å². The molecule has 0 fully saturated rings. The molecule has 2 rings (SSSR count). The molecule has 2 aromatic rings. The van der Waals surface area contributed by atoms with Crippen LogP contribution < -0.4 is 0 Å². The van der Waals surface area contributed by atoms with E-state index in [4.69, 9.17) is 11.2 Å². The summed E-state index contributed by atoms with van der Waals surface area (Å²) in [6.45, 7) is 0.262. The van der Waals surface area contributed by atoms with E-state index in [2.05, 4.69) is 5.92 Å². The third-order valence-corrected chi connectivity index (χ3v) is 2.49. The molecule has 0 amide bonds. The molecule has 0 aliphatic carbocycles. The summed E-state index contributed by atoms with van der Waals surface area (Å²) in [4.78, 5) is 11.8. The summed E-state index contributed by atoms with van der Waals surface area (Å²) in [7, 11) is 0. The van der Waals surface area contributed by atoms with Crippen molar-refractivity contribution in [1.82, 2.24) is 0 Å². The first-order valence-corrected chi connectivity index (χ1v) is 5.41. The smallest absolute Gasteiger partial charge is 0.338 e. The van der Waals surface area contributed by atoms with E-state index >= 15 is 0 Å². The summed E-state index contributed by atoms with van der Waals surface area (Å²) in [5.41, 5.74) is 0.583. The highest BCUT2D eigenvalue weighted by Gasteiger charge is 2.10. The standard InChI is InChI=1S/C15H12O2/c1-2-3-11-17-15(16)14-10-6-8-12-7-4-5-9-13(12)14/h1,4-10H,3,11H2. The molecule has 0 aliphatic heterocycles. The molecule has 0 spiro atoms. The van der Waals surface area contributed by atoms with Crippen LogP contribution in [0.2, 0.25) is 0 Å². The molecule has 2 aromatic carbocycles. The van der Waals surface area contributed by atoms with Crippen molar-refractivity contribution in [1.29, 1.82) is 0 Å². The second-order valence-corrected chi connectivity index (χ2v) is 3.62. The Labute approximate surface area is 100 Å². The molecule has 17 heavy (non-hydrogen) atoms. The Morgan fingerprint density at radius 3 is 2.76 bits per heavy atom. The van der Waals surface area contributed by atoms with Crippen molar-refractivity contribution in [3.05, 3.63) is 48.0 Å². The molecular formula is C15H12O2. The van der Waals surface area contributed by atoms with Gasteiger partial charge in [-0.2, -0.15) is 0 Å². The van der Waals surface area contributed by atoms with Gasteiger partial charge in [0.15, 0.2) is 0 Å². The van der Waals surface area contributed by atoms with Gasteiger partial charge >= 0.3 is 5.97 Å². The maximum absolute atomic E-state index is 11.8. The summed E-state index contributed by atoms with van der Waals surface area (Å²) in [6, 6.07) is 13.3. The fraction of sp³-hybridized carbons (Fsp3) is 0.133. The van der Waals surface area contributed by atoms with Gasteiger partial charge in [-0.25, -0.2) is 4.79 Å². The van der Waals surface area contributed by atoms with Gasteiger partial charge in [0, 0.05) is 6.42 Å². The number of carbonyl (C=O) groups is 1. The molecule has 0 aliphatic rings. The van der Waals surface area contributed by atoms with Gasteiger partial charge in [0.1, 0.15) is 6.61 Å². The van der Waals surface area contributed by atoms with E-state index < -0.39 is 0 Å². The van der Waals surface area contributed by atoms with Crippen molar-refractivity contribution in [3.8, 4) is 12.3 Å². The molecule has 0 radical (unpaired) electrons. The molecule has 0 saturated carbocycles. The van der Waals surface area contributed by atoms with Crippen molar-refractivity contribution in [2.75, 3.05) is 6.61 Å². The number of terminal acetylenes is 1. The van der Waals surface area contributed by atoms with Crippen molar-refractivity contribution in [2.45, 2.75) is 6.42 Å². The minimum atomic E-state index is -0.322. The van der Waals surface area contributed by atoms with Gasteiger partial charge in [-0.3, -0.25) is 0 Å². The van der Waals surface area contributed by atoms with E-state index in [-0.39, 0.29) is 12.6 Å². The highest BCUT2D eigenvalue weighted by atomic mass is 16.5. The normalized spacial score (nSPS) is 9.82. The van der Waals surface area contributed by atoms with Gasteiger partial charge < -0.3 is 4.74 Å². The van der Waals surface area contributed by atoms with Crippen LogP contribution in [-0.4, -0.2) is 12.6 Å². The number of rotatable bonds is 3. The fourth-order valence-electron chi connectivity index (χ4n) is 1.68. The first-order valence-electron chi connectivity index (χ1n) is 5.41. The number of fused-ring (bicyclic) bond motifs is 1. The number of benzene rings is 2.